The molecule has 0 atom stereocenters. The molecule has 0 fully saturated rings. The molecule has 0 aliphatic rings. The lowest BCUT2D eigenvalue weighted by Gasteiger charge is -2.24. The van der Waals surface area contributed by atoms with Crippen molar-refractivity contribution in [3.63, 3.8) is 0 Å². The molecule has 0 aliphatic carbocycles. The molecule has 0 bridgehead atoms. The smallest absolute Gasteiger partial charge is 0.277 e. The van der Waals surface area contributed by atoms with Gasteiger partial charge < -0.3 is 15.5 Å². The average molecular weight is 197 g/mol. The Kier molecular flexibility index (Phi) is 2.78. The highest BCUT2D eigenvalue weighted by Gasteiger charge is 2.19. The van der Waals surface area contributed by atoms with E-state index >= 15 is 0 Å². The van der Waals surface area contributed by atoms with E-state index in [9.17, 15) is 4.79 Å². The minimum absolute atomic E-state index is 0.0222. The number of hydrogen-bond acceptors (Lipinski definition) is 4. The molecule has 5 nitrogen and oxygen atoms in total. The first-order valence-electron chi connectivity index (χ1n) is 4.48. The predicted octanol–water partition coefficient (Wildman–Crippen LogP) is 0.919. The second-order valence-corrected chi connectivity index (χ2v) is 3.67. The third kappa shape index (κ3) is 2.25. The van der Waals surface area contributed by atoms with Crippen molar-refractivity contribution in [3.05, 3.63) is 16.7 Å². The largest absolute Gasteiger partial charge is 0.470 e. The van der Waals surface area contributed by atoms with Crippen molar-refractivity contribution >= 4 is 5.69 Å². The molecule has 0 unspecified atom stereocenters. The molecule has 0 amide bonds. The van der Waals surface area contributed by atoms with E-state index in [0.717, 1.165) is 6.42 Å². The van der Waals surface area contributed by atoms with Crippen LogP contribution < -0.4 is 16.0 Å². The summed E-state index contributed by atoms with van der Waals surface area (Å²) in [4.78, 5) is 17.4. The number of aromatic nitrogens is 2. The molecule has 1 rings (SSSR count). The predicted molar refractivity (Wildman–Crippen MR) is 54.3 cm³/mol. The van der Waals surface area contributed by atoms with Crippen LogP contribution in [0.25, 0.3) is 0 Å². The number of nitrogens with one attached hydrogen (secondary N) is 1. The van der Waals surface area contributed by atoms with Crippen LogP contribution in [0.15, 0.2) is 11.1 Å². The van der Waals surface area contributed by atoms with Gasteiger partial charge in [-0.05, 0) is 20.3 Å². The van der Waals surface area contributed by atoms with Gasteiger partial charge in [-0.25, -0.2) is 4.98 Å². The summed E-state index contributed by atoms with van der Waals surface area (Å²) in [7, 11) is 0. The van der Waals surface area contributed by atoms with Crippen LogP contribution in [0.5, 0.6) is 5.88 Å². The minimum atomic E-state index is -0.373. The fraction of sp³-hybridized carbons (Fsp3) is 0.556. The second-order valence-electron chi connectivity index (χ2n) is 3.67. The number of ether oxygens (including phenoxy) is 1. The van der Waals surface area contributed by atoms with Crippen LogP contribution in [0.2, 0.25) is 0 Å². The lowest BCUT2D eigenvalue weighted by molar-refractivity contribution is 0.0997. The summed E-state index contributed by atoms with van der Waals surface area (Å²) in [5.74, 6) is 0.195. The fourth-order valence-corrected chi connectivity index (χ4v) is 0.809. The number of H-pyrrole nitrogens is 1. The van der Waals surface area contributed by atoms with Crippen LogP contribution in [0, 0.1) is 0 Å². The molecular formula is C9H15N3O2. The van der Waals surface area contributed by atoms with E-state index in [0.29, 0.717) is 0 Å². The Labute approximate surface area is 82.3 Å². The van der Waals surface area contributed by atoms with Crippen molar-refractivity contribution in [2.75, 3.05) is 5.73 Å². The molecule has 5 heteroatoms. The number of nitrogens with zero attached hydrogens (tertiary/aromatic N) is 1. The van der Waals surface area contributed by atoms with Crippen LogP contribution in [0.4, 0.5) is 5.69 Å². The van der Waals surface area contributed by atoms with Gasteiger partial charge in [0.1, 0.15) is 5.60 Å². The number of hydrogen-bond donors (Lipinski definition) is 2. The molecule has 0 saturated heterocycles. The SMILES string of the molecule is CCC(C)(C)Oc1nc[nH]c(=O)c1N. The van der Waals surface area contributed by atoms with Gasteiger partial charge in [-0.3, -0.25) is 4.79 Å². The molecule has 14 heavy (non-hydrogen) atoms. The Bertz CT molecular complexity index is 371. The van der Waals surface area contributed by atoms with Crippen LogP contribution in [0.3, 0.4) is 0 Å². The minimum Gasteiger partial charge on any atom is -0.470 e. The Morgan fingerprint density at radius 3 is 2.86 bits per heavy atom. The van der Waals surface area contributed by atoms with Crippen LogP contribution in [-0.4, -0.2) is 15.6 Å². The Morgan fingerprint density at radius 1 is 1.64 bits per heavy atom. The number of nitrogen functional groups attached to an aromatic ring is 1. The molecule has 3 N–H and O–H groups in total. The number of rotatable bonds is 3. The van der Waals surface area contributed by atoms with Crippen molar-refractivity contribution in [3.8, 4) is 5.88 Å². The average Bonchev–Trinajstić information content (AvgIpc) is 2.13. The third-order valence-electron chi connectivity index (χ3n) is 2.08. The summed E-state index contributed by atoms with van der Waals surface area (Å²) >= 11 is 0. The van der Waals surface area contributed by atoms with E-state index in [2.05, 4.69) is 9.97 Å². The zero-order valence-electron chi connectivity index (χ0n) is 8.63. The maximum Gasteiger partial charge on any atom is 0.277 e. The zero-order valence-corrected chi connectivity index (χ0v) is 8.63. The molecule has 1 heterocycles. The van der Waals surface area contributed by atoms with Crippen molar-refractivity contribution in [1.82, 2.24) is 9.97 Å². The zero-order chi connectivity index (χ0) is 10.8. The molecule has 1 aromatic heterocycles. The van der Waals surface area contributed by atoms with Gasteiger partial charge >= 0.3 is 0 Å². The van der Waals surface area contributed by atoms with Gasteiger partial charge in [0.15, 0.2) is 5.69 Å². The van der Waals surface area contributed by atoms with E-state index in [1.165, 1.54) is 6.33 Å². The van der Waals surface area contributed by atoms with Crippen LogP contribution >= 0.6 is 0 Å². The molecule has 0 aromatic carbocycles. The molecule has 0 aliphatic heterocycles. The lowest BCUT2D eigenvalue weighted by atomic mass is 10.1. The highest BCUT2D eigenvalue weighted by molar-refractivity contribution is 5.44. The number of nitrogens with two attached hydrogens (primary N) is 1. The van der Waals surface area contributed by atoms with Gasteiger partial charge in [0.25, 0.3) is 5.56 Å². The normalized spacial score (nSPS) is 11.4. The maximum atomic E-state index is 11.1. The van der Waals surface area contributed by atoms with Crippen molar-refractivity contribution in [2.45, 2.75) is 32.8 Å². The summed E-state index contributed by atoms with van der Waals surface area (Å²) in [6.45, 7) is 5.81. The Morgan fingerprint density at radius 2 is 2.29 bits per heavy atom. The van der Waals surface area contributed by atoms with Gasteiger partial charge in [0, 0.05) is 0 Å². The number of aromatic amines is 1. The van der Waals surface area contributed by atoms with Gasteiger partial charge in [0.05, 0.1) is 6.33 Å². The first kappa shape index (κ1) is 10.6. The van der Waals surface area contributed by atoms with Crippen molar-refractivity contribution < 1.29 is 4.74 Å². The quantitative estimate of drug-likeness (QED) is 0.755. The van der Waals surface area contributed by atoms with E-state index in [-0.39, 0.29) is 22.7 Å². The number of anilines is 1. The lowest BCUT2D eigenvalue weighted by Crippen LogP contribution is -2.29. The van der Waals surface area contributed by atoms with Crippen LogP contribution in [0.1, 0.15) is 27.2 Å². The molecule has 78 valence electrons. The second kappa shape index (κ2) is 3.69. The van der Waals surface area contributed by atoms with E-state index < -0.39 is 0 Å². The summed E-state index contributed by atoms with van der Waals surface area (Å²) in [5.41, 5.74) is 4.80. The summed E-state index contributed by atoms with van der Waals surface area (Å²) < 4.78 is 5.51. The highest BCUT2D eigenvalue weighted by atomic mass is 16.5. The van der Waals surface area contributed by atoms with Crippen molar-refractivity contribution in [2.24, 2.45) is 0 Å². The molecule has 1 aromatic rings. The first-order chi connectivity index (χ1) is 6.46. The van der Waals surface area contributed by atoms with Crippen molar-refractivity contribution in [1.29, 1.82) is 0 Å². The summed E-state index contributed by atoms with van der Waals surface area (Å²) in [6.07, 6.45) is 2.08. The molecule has 0 radical (unpaired) electrons. The third-order valence-corrected chi connectivity index (χ3v) is 2.08. The Balaban J connectivity index is 2.98. The topological polar surface area (TPSA) is 81.0 Å². The summed E-state index contributed by atoms with van der Waals surface area (Å²) in [5, 5.41) is 0. The Hall–Kier alpha value is -1.52. The van der Waals surface area contributed by atoms with Gasteiger partial charge in [-0.15, -0.1) is 0 Å². The van der Waals surface area contributed by atoms with Gasteiger partial charge in [-0.2, -0.15) is 0 Å². The fourth-order valence-electron chi connectivity index (χ4n) is 0.809. The van der Waals surface area contributed by atoms with Gasteiger partial charge in [-0.1, -0.05) is 6.92 Å². The first-order valence-corrected chi connectivity index (χ1v) is 4.48. The van der Waals surface area contributed by atoms with Gasteiger partial charge in [0.2, 0.25) is 5.88 Å². The van der Waals surface area contributed by atoms with E-state index in [4.69, 9.17) is 10.5 Å². The highest BCUT2D eigenvalue weighted by Crippen LogP contribution is 2.20. The standard InChI is InChI=1S/C9H15N3O2/c1-4-9(2,3)14-8-6(10)7(13)11-5-12-8/h5H,4,10H2,1-3H3,(H,11,12,13). The maximum absolute atomic E-state index is 11.1. The molecular weight excluding hydrogens is 182 g/mol. The molecule has 0 saturated carbocycles. The molecule has 0 spiro atoms. The van der Waals surface area contributed by atoms with Crippen LogP contribution in [-0.2, 0) is 0 Å². The van der Waals surface area contributed by atoms with E-state index in [1.807, 2.05) is 20.8 Å². The summed E-state index contributed by atoms with van der Waals surface area (Å²) in [6, 6.07) is 0. The van der Waals surface area contributed by atoms with E-state index in [1.54, 1.807) is 0 Å². The monoisotopic (exact) mass is 197 g/mol.